The van der Waals surface area contributed by atoms with E-state index in [9.17, 15) is 13.6 Å². The molecule has 0 aromatic heterocycles. The van der Waals surface area contributed by atoms with Gasteiger partial charge in [-0.1, -0.05) is 60.7 Å². The fourth-order valence-corrected chi connectivity index (χ4v) is 4.00. The molecule has 0 bridgehead atoms. The predicted molar refractivity (Wildman–Crippen MR) is 120 cm³/mol. The van der Waals surface area contributed by atoms with Gasteiger partial charge in [0, 0.05) is 12.5 Å². The highest BCUT2D eigenvalue weighted by atomic mass is 19.1. The van der Waals surface area contributed by atoms with E-state index in [1.807, 2.05) is 24.3 Å². The van der Waals surface area contributed by atoms with Gasteiger partial charge in [-0.15, -0.1) is 0 Å². The largest absolute Gasteiger partial charge is 0.491 e. The number of rotatable bonds is 7. The van der Waals surface area contributed by atoms with Crippen molar-refractivity contribution in [3.8, 4) is 16.9 Å². The van der Waals surface area contributed by atoms with Crippen molar-refractivity contribution in [2.75, 3.05) is 20.3 Å². The van der Waals surface area contributed by atoms with Crippen LogP contribution in [0, 0.1) is 11.6 Å². The van der Waals surface area contributed by atoms with Gasteiger partial charge in [-0.3, -0.25) is 0 Å². The molecule has 0 fully saturated rings. The van der Waals surface area contributed by atoms with Crippen LogP contribution in [0.1, 0.15) is 29.0 Å². The third kappa shape index (κ3) is 4.49. The summed E-state index contributed by atoms with van der Waals surface area (Å²) in [6, 6.07) is 18.7. The van der Waals surface area contributed by atoms with Crippen LogP contribution < -0.4 is 10.1 Å². The fourth-order valence-electron chi connectivity index (χ4n) is 4.00. The van der Waals surface area contributed by atoms with Gasteiger partial charge in [0.05, 0.1) is 7.11 Å². The number of hydrogen-bond donors (Lipinski definition) is 1. The predicted octanol–water partition coefficient (Wildman–Crippen LogP) is 5.92. The van der Waals surface area contributed by atoms with Gasteiger partial charge in [0.25, 0.3) is 0 Å². The van der Waals surface area contributed by atoms with E-state index >= 15 is 0 Å². The number of fused-ring (bicyclic) bond motifs is 3. The summed E-state index contributed by atoms with van der Waals surface area (Å²) < 4.78 is 37.6. The Morgan fingerprint density at radius 3 is 2.19 bits per heavy atom. The van der Waals surface area contributed by atoms with Crippen LogP contribution in [-0.4, -0.2) is 26.4 Å². The van der Waals surface area contributed by atoms with Crippen LogP contribution in [0.25, 0.3) is 17.2 Å². The molecule has 4 rings (SSSR count). The van der Waals surface area contributed by atoms with Crippen LogP contribution in [0.2, 0.25) is 0 Å². The summed E-state index contributed by atoms with van der Waals surface area (Å²) in [6.45, 7) is 0.592. The van der Waals surface area contributed by atoms with Crippen LogP contribution in [0.15, 0.2) is 66.7 Å². The Morgan fingerprint density at radius 2 is 1.59 bits per heavy atom. The molecule has 164 valence electrons. The van der Waals surface area contributed by atoms with Gasteiger partial charge in [0.15, 0.2) is 17.4 Å². The van der Waals surface area contributed by atoms with Gasteiger partial charge < -0.3 is 14.8 Å². The maximum atomic E-state index is 13.7. The average molecular weight is 435 g/mol. The highest BCUT2D eigenvalue weighted by molar-refractivity contribution is 5.79. The number of amides is 1. The highest BCUT2D eigenvalue weighted by Crippen LogP contribution is 2.44. The van der Waals surface area contributed by atoms with Gasteiger partial charge in [-0.2, -0.15) is 0 Å². The smallest absolute Gasteiger partial charge is 0.407 e. The number of carbonyl (C=O) groups is 1. The van der Waals surface area contributed by atoms with E-state index in [2.05, 4.69) is 34.3 Å². The summed E-state index contributed by atoms with van der Waals surface area (Å²) in [5.74, 6) is -1.92. The summed E-state index contributed by atoms with van der Waals surface area (Å²) >= 11 is 0. The third-order valence-corrected chi connectivity index (χ3v) is 5.46. The van der Waals surface area contributed by atoms with Crippen LogP contribution in [0.5, 0.6) is 5.75 Å². The minimum atomic E-state index is -0.760. The first kappa shape index (κ1) is 21.6. The molecule has 0 aliphatic heterocycles. The minimum absolute atomic E-state index is 0.00732. The number of benzene rings is 3. The van der Waals surface area contributed by atoms with Crippen molar-refractivity contribution in [1.82, 2.24) is 5.32 Å². The summed E-state index contributed by atoms with van der Waals surface area (Å²) in [7, 11) is 1.21. The molecule has 1 aliphatic rings. The minimum Gasteiger partial charge on any atom is -0.491 e. The first-order chi connectivity index (χ1) is 15.6. The van der Waals surface area contributed by atoms with Crippen molar-refractivity contribution in [2.24, 2.45) is 0 Å². The Morgan fingerprint density at radius 1 is 1.00 bits per heavy atom. The summed E-state index contributed by atoms with van der Waals surface area (Å²) in [5.41, 5.74) is 5.04. The van der Waals surface area contributed by atoms with Gasteiger partial charge in [-0.25, -0.2) is 13.6 Å². The summed E-state index contributed by atoms with van der Waals surface area (Å²) in [6.07, 6.45) is 3.30. The molecular weight excluding hydrogens is 412 g/mol. The molecule has 0 saturated heterocycles. The second-order valence-electron chi connectivity index (χ2n) is 7.46. The number of carbonyl (C=O) groups excluding carboxylic acids is 1. The van der Waals surface area contributed by atoms with E-state index in [1.54, 1.807) is 12.2 Å². The lowest BCUT2D eigenvalue weighted by Gasteiger charge is -2.14. The number of methoxy groups -OCH3 is 1. The zero-order valence-electron chi connectivity index (χ0n) is 17.6. The second kappa shape index (κ2) is 9.64. The Kier molecular flexibility index (Phi) is 6.50. The lowest BCUT2D eigenvalue weighted by Crippen LogP contribution is -2.26. The molecule has 0 saturated carbocycles. The second-order valence-corrected chi connectivity index (χ2v) is 7.46. The molecule has 0 unspecified atom stereocenters. The Labute approximate surface area is 185 Å². The zero-order chi connectivity index (χ0) is 22.5. The maximum Gasteiger partial charge on any atom is 0.407 e. The van der Waals surface area contributed by atoms with Crippen molar-refractivity contribution >= 4 is 12.2 Å². The van der Waals surface area contributed by atoms with Crippen LogP contribution in [-0.2, 0) is 4.74 Å². The molecule has 1 amide bonds. The van der Waals surface area contributed by atoms with Gasteiger partial charge >= 0.3 is 6.09 Å². The molecule has 4 nitrogen and oxygen atoms in total. The first-order valence-electron chi connectivity index (χ1n) is 10.4. The number of hydrogen-bond acceptors (Lipinski definition) is 3. The van der Waals surface area contributed by atoms with E-state index in [0.717, 1.165) is 11.1 Å². The summed E-state index contributed by atoms with van der Waals surface area (Å²) in [4.78, 5) is 12.1. The average Bonchev–Trinajstić information content (AvgIpc) is 3.11. The van der Waals surface area contributed by atoms with Gasteiger partial charge in [0.2, 0.25) is 0 Å². The monoisotopic (exact) mass is 435 g/mol. The van der Waals surface area contributed by atoms with E-state index in [1.165, 1.54) is 30.4 Å². The van der Waals surface area contributed by atoms with Crippen molar-refractivity contribution in [2.45, 2.75) is 12.3 Å². The quantitative estimate of drug-likeness (QED) is 0.469. The van der Waals surface area contributed by atoms with Crippen LogP contribution >= 0.6 is 0 Å². The van der Waals surface area contributed by atoms with Crippen molar-refractivity contribution in [3.05, 3.63) is 95.1 Å². The van der Waals surface area contributed by atoms with E-state index in [4.69, 9.17) is 4.74 Å². The maximum absolute atomic E-state index is 13.7. The zero-order valence-corrected chi connectivity index (χ0v) is 17.6. The molecule has 0 radical (unpaired) electrons. The van der Waals surface area contributed by atoms with Crippen molar-refractivity contribution < 1.29 is 23.0 Å². The topological polar surface area (TPSA) is 47.6 Å². The number of halogens is 2. The summed E-state index contributed by atoms with van der Waals surface area (Å²) in [5, 5.41) is 2.70. The molecule has 1 aliphatic carbocycles. The SMILES string of the molecule is COc1c(F)cc(C=CCCNC(=O)OCC2c3ccccc3-c3ccccc32)cc1F. The molecule has 1 N–H and O–H groups in total. The van der Waals surface area contributed by atoms with E-state index in [-0.39, 0.29) is 12.5 Å². The standard InChI is InChI=1S/C26H23F2NO3/c1-31-25-23(27)14-17(15-24(25)28)8-6-7-13-29-26(30)32-16-22-20-11-4-2-9-18(20)19-10-3-5-12-21(19)22/h2-6,8-12,14-15,22H,7,13,16H2,1H3,(H,29,30). The van der Waals surface area contributed by atoms with Crippen LogP contribution in [0.4, 0.5) is 13.6 Å². The Bertz CT molecular complexity index is 1090. The van der Waals surface area contributed by atoms with Crippen LogP contribution in [0.3, 0.4) is 0 Å². The van der Waals surface area contributed by atoms with Crippen molar-refractivity contribution in [3.63, 3.8) is 0 Å². The molecular formula is C26H23F2NO3. The van der Waals surface area contributed by atoms with Gasteiger partial charge in [0.1, 0.15) is 6.61 Å². The van der Waals surface area contributed by atoms with Crippen molar-refractivity contribution in [1.29, 1.82) is 0 Å². The van der Waals surface area contributed by atoms with E-state index < -0.39 is 23.5 Å². The Balaban J connectivity index is 1.27. The van der Waals surface area contributed by atoms with Gasteiger partial charge in [-0.05, 0) is 46.4 Å². The third-order valence-electron chi connectivity index (χ3n) is 5.46. The fraction of sp³-hybridized carbons (Fsp3) is 0.192. The molecule has 3 aromatic rings. The number of nitrogens with one attached hydrogen (secondary N) is 1. The first-order valence-corrected chi connectivity index (χ1v) is 10.4. The lowest BCUT2D eigenvalue weighted by molar-refractivity contribution is 0.143. The number of alkyl carbamates (subject to hydrolysis) is 1. The molecule has 6 heteroatoms. The highest BCUT2D eigenvalue weighted by Gasteiger charge is 2.28. The molecule has 3 aromatic carbocycles. The normalized spacial score (nSPS) is 12.5. The molecule has 0 spiro atoms. The molecule has 0 heterocycles. The Hall–Kier alpha value is -3.67. The molecule has 32 heavy (non-hydrogen) atoms. The van der Waals surface area contributed by atoms with E-state index in [0.29, 0.717) is 18.5 Å². The number of ether oxygens (including phenoxy) is 2. The lowest BCUT2D eigenvalue weighted by atomic mass is 9.98. The molecule has 0 atom stereocenters.